The molecule has 0 N–H and O–H groups in total. The number of nitro groups is 1. The monoisotopic (exact) mass is 335 g/mol. The summed E-state index contributed by atoms with van der Waals surface area (Å²) in [6, 6.07) is 4.67. The molecule has 0 spiro atoms. The predicted molar refractivity (Wildman–Crippen MR) is 70.3 cm³/mol. The molecule has 1 aromatic carbocycles. The minimum atomic E-state index is -0.473. The zero-order chi connectivity index (χ0) is 13.3. The topological polar surface area (TPSA) is 61.6 Å². The number of methoxy groups -OCH3 is 1. The van der Waals surface area contributed by atoms with Crippen LogP contribution >= 0.6 is 27.5 Å². The van der Waals surface area contributed by atoms with Crippen molar-refractivity contribution in [2.45, 2.75) is 24.0 Å². The summed E-state index contributed by atoms with van der Waals surface area (Å²) in [7, 11) is 1.55. The fourth-order valence-electron chi connectivity index (χ4n) is 1.84. The van der Waals surface area contributed by atoms with Crippen molar-refractivity contribution in [3.05, 3.63) is 32.8 Å². The lowest BCUT2D eigenvalue weighted by atomic mass is 9.91. The molecule has 0 bridgehead atoms. The zero-order valence-electron chi connectivity index (χ0n) is 9.51. The fraction of sp³-hybridized carbons (Fsp3) is 0.455. The van der Waals surface area contributed by atoms with E-state index < -0.39 is 4.92 Å². The van der Waals surface area contributed by atoms with Gasteiger partial charge in [0.15, 0.2) is 5.75 Å². The molecule has 18 heavy (non-hydrogen) atoms. The quantitative estimate of drug-likeness (QED) is 0.481. The van der Waals surface area contributed by atoms with Crippen molar-refractivity contribution in [2.75, 3.05) is 7.11 Å². The number of halogens is 2. The standard InChI is InChI=1S/C11H11BrClNO4/c1-17-11-7(13)5-10(11)18-9-3-2-6(12)4-8(9)14(15)16/h2-4,7,10-11H,5H2,1H3. The van der Waals surface area contributed by atoms with Gasteiger partial charge in [-0.05, 0) is 12.1 Å². The van der Waals surface area contributed by atoms with E-state index in [1.807, 2.05) is 0 Å². The maximum absolute atomic E-state index is 10.9. The first-order chi connectivity index (χ1) is 8.52. The zero-order valence-corrected chi connectivity index (χ0v) is 11.8. The lowest BCUT2D eigenvalue weighted by Crippen LogP contribution is -2.52. The van der Waals surface area contributed by atoms with Crippen LogP contribution in [0.4, 0.5) is 5.69 Å². The summed E-state index contributed by atoms with van der Waals surface area (Å²) in [6.45, 7) is 0. The molecule has 0 aliphatic heterocycles. The van der Waals surface area contributed by atoms with Gasteiger partial charge in [-0.25, -0.2) is 0 Å². The van der Waals surface area contributed by atoms with E-state index in [9.17, 15) is 10.1 Å². The van der Waals surface area contributed by atoms with E-state index in [0.29, 0.717) is 10.9 Å². The van der Waals surface area contributed by atoms with E-state index in [-0.39, 0.29) is 29.0 Å². The van der Waals surface area contributed by atoms with Gasteiger partial charge in [0.05, 0.1) is 10.3 Å². The summed E-state index contributed by atoms with van der Waals surface area (Å²) in [6.07, 6.45) is 0.153. The van der Waals surface area contributed by atoms with Crippen molar-refractivity contribution >= 4 is 33.2 Å². The van der Waals surface area contributed by atoms with Crippen LogP contribution in [0, 0.1) is 10.1 Å². The number of hydrogen-bond acceptors (Lipinski definition) is 4. The van der Waals surface area contributed by atoms with E-state index in [4.69, 9.17) is 21.1 Å². The maximum atomic E-state index is 10.9. The highest BCUT2D eigenvalue weighted by Gasteiger charge is 2.42. The van der Waals surface area contributed by atoms with Gasteiger partial charge in [0.2, 0.25) is 0 Å². The Labute approximate surface area is 117 Å². The Morgan fingerprint density at radius 1 is 1.56 bits per heavy atom. The van der Waals surface area contributed by atoms with Gasteiger partial charge < -0.3 is 9.47 Å². The van der Waals surface area contributed by atoms with Gasteiger partial charge in [0, 0.05) is 24.1 Å². The molecule has 0 amide bonds. The van der Waals surface area contributed by atoms with Crippen LogP contribution in [0.5, 0.6) is 5.75 Å². The van der Waals surface area contributed by atoms with Gasteiger partial charge in [-0.2, -0.15) is 0 Å². The molecule has 0 radical (unpaired) electrons. The van der Waals surface area contributed by atoms with Crippen molar-refractivity contribution in [2.24, 2.45) is 0 Å². The molecule has 1 fully saturated rings. The molecule has 1 aromatic rings. The third-order valence-electron chi connectivity index (χ3n) is 2.85. The van der Waals surface area contributed by atoms with Crippen LogP contribution in [-0.2, 0) is 4.74 Å². The maximum Gasteiger partial charge on any atom is 0.312 e. The molecular weight excluding hydrogens is 325 g/mol. The highest BCUT2D eigenvalue weighted by atomic mass is 79.9. The Morgan fingerprint density at radius 3 is 2.83 bits per heavy atom. The Balaban J connectivity index is 2.17. The summed E-state index contributed by atoms with van der Waals surface area (Å²) in [4.78, 5) is 10.5. The second-order valence-electron chi connectivity index (χ2n) is 3.98. The molecule has 3 atom stereocenters. The van der Waals surface area contributed by atoms with E-state index in [0.717, 1.165) is 0 Å². The summed E-state index contributed by atoms with van der Waals surface area (Å²) in [5, 5.41) is 10.8. The Morgan fingerprint density at radius 2 is 2.28 bits per heavy atom. The summed E-state index contributed by atoms with van der Waals surface area (Å²) in [5.74, 6) is 0.235. The number of hydrogen-bond donors (Lipinski definition) is 0. The van der Waals surface area contributed by atoms with Gasteiger partial charge in [-0.1, -0.05) is 15.9 Å². The number of nitrogens with zero attached hydrogens (tertiary/aromatic N) is 1. The van der Waals surface area contributed by atoms with Crippen LogP contribution in [-0.4, -0.2) is 29.6 Å². The molecule has 1 aliphatic rings. The molecule has 0 aromatic heterocycles. The molecule has 98 valence electrons. The number of benzene rings is 1. The fourth-order valence-corrected chi connectivity index (χ4v) is 2.63. The van der Waals surface area contributed by atoms with Crippen molar-refractivity contribution in [1.82, 2.24) is 0 Å². The Bertz CT molecular complexity index is 470. The van der Waals surface area contributed by atoms with Gasteiger partial charge in [0.25, 0.3) is 0 Å². The van der Waals surface area contributed by atoms with Gasteiger partial charge in [0.1, 0.15) is 12.2 Å². The average Bonchev–Trinajstić information content (AvgIpc) is 2.30. The second-order valence-corrected chi connectivity index (χ2v) is 5.45. The first-order valence-electron chi connectivity index (χ1n) is 5.30. The van der Waals surface area contributed by atoms with Gasteiger partial charge in [-0.3, -0.25) is 10.1 Å². The van der Waals surface area contributed by atoms with Gasteiger partial charge in [-0.15, -0.1) is 11.6 Å². The lowest BCUT2D eigenvalue weighted by molar-refractivity contribution is -0.386. The minimum absolute atomic E-state index is 0.0720. The molecule has 3 unspecified atom stereocenters. The molecule has 0 heterocycles. The smallest absolute Gasteiger partial charge is 0.312 e. The van der Waals surface area contributed by atoms with Crippen molar-refractivity contribution < 1.29 is 14.4 Å². The third-order valence-corrected chi connectivity index (χ3v) is 3.77. The summed E-state index contributed by atoms with van der Waals surface area (Å²) < 4.78 is 11.4. The van der Waals surface area contributed by atoms with Crippen LogP contribution in [0.25, 0.3) is 0 Å². The van der Waals surface area contributed by atoms with Gasteiger partial charge >= 0.3 is 5.69 Å². The van der Waals surface area contributed by atoms with Crippen LogP contribution in [0.2, 0.25) is 0 Å². The largest absolute Gasteiger partial charge is 0.481 e. The van der Waals surface area contributed by atoms with Crippen molar-refractivity contribution in [3.8, 4) is 5.75 Å². The predicted octanol–water partition coefficient (Wildman–Crippen LogP) is 3.13. The van der Waals surface area contributed by atoms with Crippen LogP contribution < -0.4 is 4.74 Å². The molecule has 7 heteroatoms. The SMILES string of the molecule is COC1C(Cl)CC1Oc1ccc(Br)cc1[N+](=O)[O-]. The van der Waals surface area contributed by atoms with Crippen LogP contribution in [0.1, 0.15) is 6.42 Å². The lowest BCUT2D eigenvalue weighted by Gasteiger charge is -2.39. The first kappa shape index (κ1) is 13.6. The number of alkyl halides is 1. The summed E-state index contributed by atoms with van der Waals surface area (Å²) in [5.41, 5.74) is -0.0720. The van der Waals surface area contributed by atoms with Crippen molar-refractivity contribution in [3.63, 3.8) is 0 Å². The molecular formula is C11H11BrClNO4. The third kappa shape index (κ3) is 2.60. The normalized spacial score (nSPS) is 26.5. The number of nitro benzene ring substituents is 1. The highest BCUT2D eigenvalue weighted by molar-refractivity contribution is 9.10. The minimum Gasteiger partial charge on any atom is -0.481 e. The molecule has 1 aliphatic carbocycles. The first-order valence-corrected chi connectivity index (χ1v) is 6.53. The molecule has 0 saturated heterocycles. The van der Waals surface area contributed by atoms with E-state index in [2.05, 4.69) is 15.9 Å². The molecule has 2 rings (SSSR count). The summed E-state index contributed by atoms with van der Waals surface area (Å²) >= 11 is 9.15. The molecule has 1 saturated carbocycles. The van der Waals surface area contributed by atoms with Crippen LogP contribution in [0.15, 0.2) is 22.7 Å². The van der Waals surface area contributed by atoms with Crippen LogP contribution in [0.3, 0.4) is 0 Å². The average molecular weight is 337 g/mol. The van der Waals surface area contributed by atoms with Crippen molar-refractivity contribution in [1.29, 1.82) is 0 Å². The number of ether oxygens (including phenoxy) is 2. The number of rotatable bonds is 4. The molecule has 5 nitrogen and oxygen atoms in total. The second kappa shape index (κ2) is 5.42. The highest BCUT2D eigenvalue weighted by Crippen LogP contribution is 2.37. The van der Waals surface area contributed by atoms with E-state index in [1.54, 1.807) is 19.2 Å². The van der Waals surface area contributed by atoms with E-state index in [1.165, 1.54) is 6.07 Å². The van der Waals surface area contributed by atoms with E-state index >= 15 is 0 Å². The Kier molecular flexibility index (Phi) is 4.09. The Hall–Kier alpha value is -0.850.